The number of hydrogen-bond acceptors (Lipinski definition) is 4. The molecule has 0 spiro atoms. The maximum absolute atomic E-state index is 13.2. The number of benzene rings is 2. The number of hydrogen-bond donors (Lipinski definition) is 0. The number of nitrogens with zero attached hydrogens (tertiary/aromatic N) is 3. The van der Waals surface area contributed by atoms with Crippen molar-refractivity contribution in [2.45, 2.75) is 26.8 Å². The molecule has 0 saturated heterocycles. The lowest BCUT2D eigenvalue weighted by Crippen LogP contribution is -2.31. The zero-order valence-electron chi connectivity index (χ0n) is 15.9. The maximum atomic E-state index is 13.2. The molecule has 4 aromatic rings. The summed E-state index contributed by atoms with van der Waals surface area (Å²) in [6.45, 7) is 4.62. The summed E-state index contributed by atoms with van der Waals surface area (Å²) in [5.41, 5.74) is 5.29. The van der Waals surface area contributed by atoms with Crippen LogP contribution in [-0.2, 0) is 17.8 Å². The fraction of sp³-hybridized carbons (Fsp3) is 0.174. The fourth-order valence-electron chi connectivity index (χ4n) is 3.28. The molecule has 0 bridgehead atoms. The molecule has 5 heteroatoms. The average molecular weight is 388 g/mol. The van der Waals surface area contributed by atoms with E-state index in [0.717, 1.165) is 26.5 Å². The molecule has 2 aromatic carbocycles. The number of aryl methyl sites for hydroxylation is 2. The van der Waals surface area contributed by atoms with Crippen LogP contribution >= 0.6 is 11.3 Å². The third-order valence-electron chi connectivity index (χ3n) is 4.60. The van der Waals surface area contributed by atoms with E-state index in [9.17, 15) is 4.79 Å². The summed E-state index contributed by atoms with van der Waals surface area (Å²) in [4.78, 5) is 24.0. The number of thiazole rings is 1. The summed E-state index contributed by atoms with van der Waals surface area (Å²) in [5.74, 6) is 0.0310. The summed E-state index contributed by atoms with van der Waals surface area (Å²) in [5, 5.41) is 0.730. The van der Waals surface area contributed by atoms with Crippen molar-refractivity contribution in [3.63, 3.8) is 0 Å². The lowest BCUT2D eigenvalue weighted by Gasteiger charge is -2.20. The van der Waals surface area contributed by atoms with Gasteiger partial charge in [-0.05, 0) is 48.2 Å². The fourth-order valence-corrected chi connectivity index (χ4v) is 4.32. The summed E-state index contributed by atoms with van der Waals surface area (Å²) in [6.07, 6.45) is 3.88. The highest BCUT2D eigenvalue weighted by Gasteiger charge is 2.21. The molecule has 0 N–H and O–H groups in total. The molecule has 0 fully saturated rings. The summed E-state index contributed by atoms with van der Waals surface area (Å²) >= 11 is 1.57. The number of pyridine rings is 1. The normalized spacial score (nSPS) is 10.9. The van der Waals surface area contributed by atoms with E-state index in [1.165, 1.54) is 11.1 Å². The van der Waals surface area contributed by atoms with Crippen LogP contribution < -0.4 is 4.90 Å². The van der Waals surface area contributed by atoms with Crippen molar-refractivity contribution in [3.8, 4) is 0 Å². The monoisotopic (exact) mass is 387 g/mol. The highest BCUT2D eigenvalue weighted by atomic mass is 32.1. The van der Waals surface area contributed by atoms with E-state index < -0.39 is 0 Å². The van der Waals surface area contributed by atoms with Crippen molar-refractivity contribution in [2.24, 2.45) is 0 Å². The van der Waals surface area contributed by atoms with E-state index in [1.54, 1.807) is 28.6 Å². The van der Waals surface area contributed by atoms with Crippen LogP contribution in [0, 0.1) is 13.8 Å². The quantitative estimate of drug-likeness (QED) is 0.479. The van der Waals surface area contributed by atoms with Crippen LogP contribution in [0.1, 0.15) is 22.3 Å². The minimum Gasteiger partial charge on any atom is -0.283 e. The van der Waals surface area contributed by atoms with Gasteiger partial charge in [0.2, 0.25) is 5.91 Å². The number of amides is 1. The molecule has 0 atom stereocenters. The summed E-state index contributed by atoms with van der Waals surface area (Å²) in [7, 11) is 0. The highest BCUT2D eigenvalue weighted by molar-refractivity contribution is 7.22. The molecule has 1 amide bonds. The predicted molar refractivity (Wildman–Crippen MR) is 115 cm³/mol. The van der Waals surface area contributed by atoms with Crippen LogP contribution in [0.4, 0.5) is 5.13 Å². The smallest absolute Gasteiger partial charge is 0.233 e. The van der Waals surface area contributed by atoms with Gasteiger partial charge < -0.3 is 0 Å². The highest BCUT2D eigenvalue weighted by Crippen LogP contribution is 2.33. The van der Waals surface area contributed by atoms with Crippen molar-refractivity contribution >= 4 is 32.6 Å². The van der Waals surface area contributed by atoms with Crippen LogP contribution in [0.3, 0.4) is 0 Å². The van der Waals surface area contributed by atoms with Gasteiger partial charge in [0.25, 0.3) is 0 Å². The zero-order chi connectivity index (χ0) is 19.5. The third-order valence-corrected chi connectivity index (χ3v) is 5.83. The number of anilines is 1. The predicted octanol–water partition coefficient (Wildman–Crippen LogP) is 5.08. The zero-order valence-corrected chi connectivity index (χ0v) is 16.7. The van der Waals surface area contributed by atoms with E-state index in [0.29, 0.717) is 13.0 Å². The van der Waals surface area contributed by atoms with Gasteiger partial charge in [-0.15, -0.1) is 0 Å². The Morgan fingerprint density at radius 3 is 2.57 bits per heavy atom. The van der Waals surface area contributed by atoms with E-state index in [1.807, 2.05) is 42.5 Å². The molecular formula is C23H21N3OS. The Balaban J connectivity index is 1.72. The van der Waals surface area contributed by atoms with Gasteiger partial charge in [-0.1, -0.05) is 53.8 Å². The van der Waals surface area contributed by atoms with Gasteiger partial charge in [-0.25, -0.2) is 4.98 Å². The second-order valence-corrected chi connectivity index (χ2v) is 7.91. The first-order chi connectivity index (χ1) is 13.6. The van der Waals surface area contributed by atoms with Gasteiger partial charge in [-0.3, -0.25) is 14.7 Å². The molecule has 0 saturated carbocycles. The van der Waals surface area contributed by atoms with Crippen LogP contribution in [0.15, 0.2) is 67.0 Å². The molecule has 0 aliphatic heterocycles. The Hall–Kier alpha value is -3.05. The first-order valence-electron chi connectivity index (χ1n) is 9.21. The van der Waals surface area contributed by atoms with Crippen LogP contribution in [0.25, 0.3) is 10.2 Å². The number of rotatable bonds is 5. The van der Waals surface area contributed by atoms with Crippen molar-refractivity contribution in [3.05, 3.63) is 89.2 Å². The Kier molecular flexibility index (Phi) is 5.17. The second-order valence-electron chi connectivity index (χ2n) is 6.93. The SMILES string of the molecule is Cc1cc(C)c2sc(N(Cc3cccnc3)C(=O)Cc3ccccc3)nc2c1. The van der Waals surface area contributed by atoms with E-state index in [-0.39, 0.29) is 5.91 Å². The van der Waals surface area contributed by atoms with Gasteiger partial charge in [0.05, 0.1) is 23.2 Å². The molecule has 0 unspecified atom stereocenters. The number of fused-ring (bicyclic) bond motifs is 1. The second kappa shape index (κ2) is 7.90. The molecule has 0 radical (unpaired) electrons. The lowest BCUT2D eigenvalue weighted by molar-refractivity contribution is -0.118. The van der Waals surface area contributed by atoms with Gasteiger partial charge >= 0.3 is 0 Å². The molecule has 140 valence electrons. The summed E-state index contributed by atoms with van der Waals surface area (Å²) in [6, 6.07) is 17.9. The Labute approximate surface area is 168 Å². The van der Waals surface area contributed by atoms with Crippen LogP contribution in [-0.4, -0.2) is 15.9 Å². The van der Waals surface area contributed by atoms with Gasteiger partial charge in [-0.2, -0.15) is 0 Å². The van der Waals surface area contributed by atoms with Crippen LogP contribution in [0.5, 0.6) is 0 Å². The van der Waals surface area contributed by atoms with Crippen LogP contribution in [0.2, 0.25) is 0 Å². The molecule has 4 rings (SSSR count). The Bertz CT molecular complexity index is 1110. The first kappa shape index (κ1) is 18.3. The van der Waals surface area contributed by atoms with Crippen molar-refractivity contribution in [1.29, 1.82) is 0 Å². The molecule has 0 aliphatic carbocycles. The molecule has 0 aliphatic rings. The maximum Gasteiger partial charge on any atom is 0.233 e. The molecular weight excluding hydrogens is 366 g/mol. The Morgan fingerprint density at radius 1 is 1.04 bits per heavy atom. The molecule has 2 heterocycles. The molecule has 2 aromatic heterocycles. The average Bonchev–Trinajstić information content (AvgIpc) is 3.11. The largest absolute Gasteiger partial charge is 0.283 e. The van der Waals surface area contributed by atoms with E-state index in [4.69, 9.17) is 4.98 Å². The van der Waals surface area contributed by atoms with Crippen molar-refractivity contribution < 1.29 is 4.79 Å². The van der Waals surface area contributed by atoms with Crippen molar-refractivity contribution in [1.82, 2.24) is 9.97 Å². The minimum absolute atomic E-state index is 0.0310. The lowest BCUT2D eigenvalue weighted by atomic mass is 10.1. The van der Waals surface area contributed by atoms with Gasteiger partial charge in [0, 0.05) is 12.4 Å². The van der Waals surface area contributed by atoms with Gasteiger partial charge in [0.1, 0.15) is 0 Å². The summed E-state index contributed by atoms with van der Waals surface area (Å²) < 4.78 is 1.13. The minimum atomic E-state index is 0.0310. The van der Waals surface area contributed by atoms with Gasteiger partial charge in [0.15, 0.2) is 5.13 Å². The Morgan fingerprint density at radius 2 is 1.82 bits per heavy atom. The first-order valence-corrected chi connectivity index (χ1v) is 10.0. The van der Waals surface area contributed by atoms with E-state index >= 15 is 0 Å². The topological polar surface area (TPSA) is 46.1 Å². The van der Waals surface area contributed by atoms with Crippen molar-refractivity contribution in [2.75, 3.05) is 4.90 Å². The number of carbonyl (C=O) groups excluding carboxylic acids is 1. The van der Waals surface area contributed by atoms with E-state index in [2.05, 4.69) is 31.0 Å². The molecule has 28 heavy (non-hydrogen) atoms. The third kappa shape index (κ3) is 3.94. The standard InChI is InChI=1S/C23H21N3OS/c1-16-11-17(2)22-20(12-16)25-23(28-22)26(15-19-9-6-10-24-14-19)21(27)13-18-7-4-3-5-8-18/h3-12,14H,13,15H2,1-2H3. The number of carbonyl (C=O) groups is 1. The molecule has 4 nitrogen and oxygen atoms in total. The number of aromatic nitrogens is 2.